The Hall–Kier alpha value is -10.7. The first-order valence-corrected chi connectivity index (χ1v) is 29.5. The summed E-state index contributed by atoms with van der Waals surface area (Å²) in [6.07, 6.45) is 3.20. The van der Waals surface area contributed by atoms with Crippen molar-refractivity contribution in [3.8, 4) is 89.0 Å². The van der Waals surface area contributed by atoms with Gasteiger partial charge in [0.15, 0.2) is 0 Å². The fourth-order valence-corrected chi connectivity index (χ4v) is 14.8. The monoisotopic (exact) mass is 1200 g/mol. The smallest absolute Gasteiger partial charge is 0.252 e. The van der Waals surface area contributed by atoms with Crippen LogP contribution in [0.4, 0.5) is 39.8 Å². The molecule has 4 fully saturated rings. The third kappa shape index (κ3) is 9.18. The third-order valence-electron chi connectivity index (χ3n) is 18.1. The van der Waals surface area contributed by atoms with Gasteiger partial charge >= 0.3 is 0 Å². The summed E-state index contributed by atoms with van der Waals surface area (Å²) in [6, 6.07) is -21.2. The summed E-state index contributed by atoms with van der Waals surface area (Å²) < 4.78 is 379. The van der Waals surface area contributed by atoms with Gasteiger partial charge in [0.1, 0.15) is 0 Å². The van der Waals surface area contributed by atoms with Crippen LogP contribution in [0.1, 0.15) is 86.9 Å². The van der Waals surface area contributed by atoms with Gasteiger partial charge in [-0.15, -0.1) is 0 Å². The van der Waals surface area contributed by atoms with E-state index in [0.717, 1.165) is 30.7 Å². The first-order valence-electron chi connectivity index (χ1n) is 49.5. The Bertz CT molecular complexity index is 6570. The molecule has 2 saturated heterocycles. The summed E-state index contributed by atoms with van der Waals surface area (Å²) >= 11 is 0. The lowest BCUT2D eigenvalue weighted by Gasteiger charge is -2.58. The van der Waals surface area contributed by atoms with Gasteiger partial charge in [0.05, 0.1) is 66.2 Å². The van der Waals surface area contributed by atoms with E-state index in [0.29, 0.717) is 25.7 Å². The third-order valence-corrected chi connectivity index (χ3v) is 18.1. The number of hydrogen-bond acceptors (Lipinski definition) is 3. The van der Waals surface area contributed by atoms with Crippen molar-refractivity contribution >= 4 is 62.9 Å². The van der Waals surface area contributed by atoms with Gasteiger partial charge in [0.2, 0.25) is 0 Å². The van der Waals surface area contributed by atoms with E-state index in [9.17, 15) is 32.9 Å². The van der Waals surface area contributed by atoms with Crippen LogP contribution in [0.2, 0.25) is 0 Å². The molecule has 0 radical (unpaired) electrons. The highest BCUT2D eigenvalue weighted by Crippen LogP contribution is 2.57. The Morgan fingerprint density at radius 1 is 0.275 bits per heavy atom. The molecule has 4 heterocycles. The quantitative estimate of drug-likeness (QED) is 0.120. The second-order valence-electron chi connectivity index (χ2n) is 23.0. The number of anilines is 7. The Morgan fingerprint density at radius 2 is 0.560 bits per heavy atom. The van der Waals surface area contributed by atoms with Crippen molar-refractivity contribution in [3.63, 3.8) is 0 Å². The Labute approximate surface area is 591 Å². The number of benzene rings is 13. The van der Waals surface area contributed by atoms with Crippen LogP contribution in [0.5, 0.6) is 0 Å². The van der Waals surface area contributed by atoms with Crippen molar-refractivity contribution in [2.75, 3.05) is 14.7 Å². The first kappa shape index (κ1) is 26.8. The SMILES string of the molecule is [2H]c1c([2H])c([2H])c(-c2ccc3c(c2)B2c4cc(-c5c([2H])c([2H])c([2H])c([2H])c5[2H])ccc4N(c4c(-c5c([2H])c([2H])c([2H])c([2H])c5[2H])cc(-c5c([2H])c([2H])c([2H])c([2H])c5[2H])cc4-c4c([2H])c([2H])c([2H])c([2H])c4[2H])c4cc(N5C6CC7CC(C6)CC5C7)cc(c42)N3c2c(-c3c([2H])c([2H])c([2H])c([2H])c3[2H])cc(-c3c([2H])c([2H])c([2H])c([2H])c3[2H])cc2-c2c([2H])c([2H])c([2H])c([2H])c2[2H])c([2H])c1[2H]. The molecule has 4 heteroatoms. The van der Waals surface area contributed by atoms with Crippen molar-refractivity contribution in [1.82, 2.24) is 0 Å². The van der Waals surface area contributed by atoms with Crippen LogP contribution in [0.15, 0.2) is 314 Å². The van der Waals surface area contributed by atoms with Gasteiger partial charge in [0, 0.05) is 62.8 Å². The zero-order valence-electron chi connectivity index (χ0n) is 87.7. The molecule has 4 aliphatic heterocycles. The van der Waals surface area contributed by atoms with E-state index >= 15 is 0 Å². The lowest BCUT2D eigenvalue weighted by molar-refractivity contribution is 0.0900. The summed E-state index contributed by atoms with van der Waals surface area (Å²) in [5, 5.41) is 0. The highest BCUT2D eigenvalue weighted by molar-refractivity contribution is 7.00. The molecule has 0 spiro atoms. The first-order chi connectivity index (χ1) is 61.7. The number of hydrogen-bond donors (Lipinski definition) is 0. The Kier molecular flexibility index (Phi) is 6.51. The van der Waals surface area contributed by atoms with Gasteiger partial charge < -0.3 is 14.7 Å². The molecule has 13 aromatic rings. The topological polar surface area (TPSA) is 9.72 Å². The predicted molar refractivity (Wildman–Crippen MR) is 384 cm³/mol. The molecule has 2 saturated carbocycles. The summed E-state index contributed by atoms with van der Waals surface area (Å²) in [5.41, 5.74) is -10.3. The van der Waals surface area contributed by atoms with Crippen LogP contribution in [0.25, 0.3) is 89.0 Å². The molecule has 0 aromatic heterocycles. The molecule has 0 atom stereocenters. The van der Waals surface area contributed by atoms with Gasteiger partial charge in [-0.2, -0.15) is 0 Å². The predicted octanol–water partition coefficient (Wildman–Crippen LogP) is 20.9. The molecule has 0 amide bonds. The van der Waals surface area contributed by atoms with Crippen LogP contribution in [0, 0.1) is 11.8 Å². The maximum Gasteiger partial charge on any atom is 0.252 e. The molecule has 19 rings (SSSR count). The van der Waals surface area contributed by atoms with Crippen LogP contribution in [-0.2, 0) is 0 Å². The highest BCUT2D eigenvalue weighted by Gasteiger charge is 2.50. The minimum atomic E-state index is -1.65. The lowest BCUT2D eigenvalue weighted by atomic mass is 9.33. The van der Waals surface area contributed by atoms with E-state index in [1.54, 1.807) is 12.1 Å². The summed E-state index contributed by atoms with van der Waals surface area (Å²) in [7, 11) is 0. The maximum atomic E-state index is 10.1. The van der Waals surface area contributed by atoms with Crippen molar-refractivity contribution < 1.29 is 54.8 Å². The number of nitrogens with zero attached hydrogens (tertiary/aromatic N) is 3. The van der Waals surface area contributed by atoms with E-state index in [1.807, 2.05) is 0 Å². The van der Waals surface area contributed by atoms with E-state index in [2.05, 4.69) is 4.90 Å². The molecule has 13 aromatic carbocycles. The molecule has 0 N–H and O–H groups in total. The molecular weight excluding hydrogens is 1100 g/mol. The highest BCUT2D eigenvalue weighted by atomic mass is 15.2. The molecule has 0 unspecified atom stereocenters. The largest absolute Gasteiger partial charge is 0.365 e. The van der Waals surface area contributed by atoms with E-state index in [4.69, 9.17) is 21.9 Å². The van der Waals surface area contributed by atoms with Gasteiger partial charge in [-0.25, -0.2) is 0 Å². The van der Waals surface area contributed by atoms with Crippen molar-refractivity contribution in [3.05, 3.63) is 314 Å². The molecular formula is C87H66BN3. The van der Waals surface area contributed by atoms with E-state index < -0.39 is 338 Å². The second kappa shape index (κ2) is 22.1. The van der Waals surface area contributed by atoms with Gasteiger partial charge in [-0.3, -0.25) is 0 Å². The fourth-order valence-electron chi connectivity index (χ4n) is 14.8. The minimum absolute atomic E-state index is 0.0909. The number of rotatable bonds is 11. The van der Waals surface area contributed by atoms with Crippen LogP contribution in [-0.4, -0.2) is 18.8 Å². The van der Waals surface area contributed by atoms with Gasteiger partial charge in [-0.1, -0.05) is 266 Å². The molecule has 6 aliphatic rings. The zero-order valence-corrected chi connectivity index (χ0v) is 47.7. The average Bonchev–Trinajstić information content (AvgIpc) is 0.534. The normalized spacial score (nSPS) is 23.5. The van der Waals surface area contributed by atoms with E-state index in [-0.39, 0.29) is 79.9 Å². The zero-order chi connectivity index (χ0) is 94.7. The van der Waals surface area contributed by atoms with E-state index in [1.165, 1.54) is 46.2 Å². The summed E-state index contributed by atoms with van der Waals surface area (Å²) in [4.78, 5) is 5.02. The number of piperidine rings is 2. The lowest BCUT2D eigenvalue weighted by Crippen LogP contribution is -2.62. The van der Waals surface area contributed by atoms with Crippen molar-refractivity contribution in [1.29, 1.82) is 0 Å². The summed E-state index contributed by atoms with van der Waals surface area (Å²) in [6.45, 7) is -1.65. The van der Waals surface area contributed by atoms with Crippen molar-refractivity contribution in [2.45, 2.75) is 44.2 Å². The van der Waals surface area contributed by atoms with Gasteiger partial charge in [0.25, 0.3) is 6.71 Å². The molecule has 4 bridgehead atoms. The Morgan fingerprint density at radius 3 is 0.868 bits per heavy atom. The maximum absolute atomic E-state index is 10.1. The molecule has 3 nitrogen and oxygen atoms in total. The van der Waals surface area contributed by atoms with Crippen molar-refractivity contribution in [2.24, 2.45) is 11.8 Å². The number of fused-ring (bicyclic) bond motifs is 4. The van der Waals surface area contributed by atoms with Gasteiger partial charge in [-0.05, 0) is 176 Å². The minimum Gasteiger partial charge on any atom is -0.365 e. The van der Waals surface area contributed by atoms with Crippen LogP contribution < -0.4 is 31.1 Å². The van der Waals surface area contributed by atoms with Crippen LogP contribution in [0.3, 0.4) is 0 Å². The standard InChI is InChI=1S/C87H66BN3/c1-9-25-60(26-10-1)68-41-43-81-79(54-68)88-80-55-69(61-27-11-2-12-28-61)42-44-82(80)91(87-77(66-37-21-7-22-38-66)52-71(63-31-15-4-16-32-63)53-78(87)67-39-23-8-24-40-67)84-57-74(89-72-46-58-45-59(48-72)49-73(89)47-58)56-83(85(84)88)90(81)86-75(64-33-17-5-18-34-64)50-70(62-29-13-3-14-30-62)51-76(86)65-35-19-6-20-36-65/h1-44,50-59,72-73H,45-49H2/i1D,2D,3D,4D,5D,6D,7D,8D,9D,10D,11D,12D,13D,14D,15D,16D,17D,18D,19D,20D,21D,22D,23D,24D,25D,26D,27D,28D,29D,30D,31D,32D,33D,34D,35D,36D,37D,38D,39D,40D. The van der Waals surface area contributed by atoms with Crippen LogP contribution >= 0.6 is 0 Å². The second-order valence-corrected chi connectivity index (χ2v) is 23.0. The fraction of sp³-hybridized carbons (Fsp3) is 0.103. The Balaban J connectivity index is 1.15. The average molecular weight is 1200 g/mol. The molecule has 432 valence electrons. The summed E-state index contributed by atoms with van der Waals surface area (Å²) in [5.74, 6) is 0.356. The molecule has 91 heavy (non-hydrogen) atoms. The molecule has 2 aliphatic carbocycles.